The fraction of sp³-hybridized carbons (Fsp3) is 0.500. The van der Waals surface area contributed by atoms with Gasteiger partial charge < -0.3 is 9.47 Å². The lowest BCUT2D eigenvalue weighted by Crippen LogP contribution is -2.33. The number of cyclic esters (lactones) is 1. The topological polar surface area (TPSA) is 38.8 Å². The van der Waals surface area contributed by atoms with Gasteiger partial charge in [0.05, 0.1) is 0 Å². The number of hydrogen-bond acceptors (Lipinski definition) is 4. The van der Waals surface area contributed by atoms with Crippen LogP contribution in [0.25, 0.3) is 0 Å². The van der Waals surface area contributed by atoms with Crippen LogP contribution >= 0.6 is 11.6 Å². The van der Waals surface area contributed by atoms with Gasteiger partial charge in [0.25, 0.3) is 0 Å². The quantitative estimate of drug-likeness (QED) is 0.780. The highest BCUT2D eigenvalue weighted by Gasteiger charge is 2.26. The summed E-state index contributed by atoms with van der Waals surface area (Å²) in [5, 5.41) is 0.719. The van der Waals surface area contributed by atoms with E-state index in [1.807, 2.05) is 18.2 Å². The molecule has 1 saturated heterocycles. The molecule has 0 aliphatic carbocycles. The first-order chi connectivity index (χ1) is 9.20. The molecule has 1 aromatic rings. The summed E-state index contributed by atoms with van der Waals surface area (Å²) >= 11 is 6.02. The van der Waals surface area contributed by atoms with Crippen LogP contribution < -0.4 is 4.74 Å². The summed E-state index contributed by atoms with van der Waals surface area (Å²) in [7, 11) is 0. The van der Waals surface area contributed by atoms with Gasteiger partial charge >= 0.3 is 5.97 Å². The molecule has 1 atom stereocenters. The van der Waals surface area contributed by atoms with Crippen LogP contribution in [0.3, 0.4) is 0 Å². The maximum atomic E-state index is 11.1. The van der Waals surface area contributed by atoms with E-state index in [0.29, 0.717) is 13.0 Å². The van der Waals surface area contributed by atoms with Gasteiger partial charge in [-0.2, -0.15) is 0 Å². The monoisotopic (exact) mass is 281 g/mol. The summed E-state index contributed by atoms with van der Waals surface area (Å²) in [6, 6.07) is 5.70. The molecule has 5 heteroatoms. The van der Waals surface area contributed by atoms with E-state index in [1.165, 1.54) is 0 Å². The van der Waals surface area contributed by atoms with Crippen molar-refractivity contribution in [3.8, 4) is 5.75 Å². The molecule has 1 aromatic carbocycles. The van der Waals surface area contributed by atoms with Crippen LogP contribution in [-0.4, -0.2) is 36.7 Å². The zero-order valence-corrected chi connectivity index (χ0v) is 11.4. The van der Waals surface area contributed by atoms with Crippen molar-refractivity contribution in [2.24, 2.45) is 0 Å². The summed E-state index contributed by atoms with van der Waals surface area (Å²) in [5.74, 6) is 0.815. The van der Waals surface area contributed by atoms with Crippen molar-refractivity contribution in [2.45, 2.75) is 25.5 Å². The van der Waals surface area contributed by atoms with Crippen LogP contribution in [0.2, 0.25) is 5.02 Å². The lowest BCUT2D eigenvalue weighted by Gasteiger charge is -2.22. The van der Waals surface area contributed by atoms with Crippen LogP contribution in [0.4, 0.5) is 0 Å². The largest absolute Gasteiger partial charge is 0.492 e. The highest BCUT2D eigenvalue weighted by atomic mass is 35.5. The number of carbonyl (C=O) groups excluding carboxylic acids is 1. The predicted molar refractivity (Wildman–Crippen MR) is 71.3 cm³/mol. The molecule has 0 amide bonds. The number of rotatable bonds is 2. The standard InChI is InChI=1S/C14H16ClNO3/c15-11-1-3-13-10(7-11)8-16(5-6-18-13)9-12-2-4-14(17)19-12/h1,3,7,12H,2,4-6,8-9H2/t12-/m1/s1. The van der Waals surface area contributed by atoms with Gasteiger partial charge in [-0.1, -0.05) is 11.6 Å². The molecule has 0 saturated carbocycles. The van der Waals surface area contributed by atoms with Gasteiger partial charge in [-0.25, -0.2) is 0 Å². The minimum Gasteiger partial charge on any atom is -0.492 e. The SMILES string of the molecule is O=C1CC[C@H](CN2CCOc3ccc(Cl)cc3C2)O1. The normalized spacial score (nSPS) is 23.4. The Kier molecular flexibility index (Phi) is 3.62. The Morgan fingerprint density at radius 1 is 1.42 bits per heavy atom. The van der Waals surface area contributed by atoms with Gasteiger partial charge in [0.1, 0.15) is 18.5 Å². The van der Waals surface area contributed by atoms with E-state index in [9.17, 15) is 4.79 Å². The molecule has 0 spiro atoms. The number of esters is 1. The summed E-state index contributed by atoms with van der Waals surface area (Å²) in [6.45, 7) is 3.03. The fourth-order valence-corrected chi connectivity index (χ4v) is 2.77. The Morgan fingerprint density at radius 2 is 2.32 bits per heavy atom. The molecular formula is C14H16ClNO3. The second-order valence-electron chi connectivity index (χ2n) is 4.99. The maximum absolute atomic E-state index is 11.1. The predicted octanol–water partition coefficient (Wildman–Crippen LogP) is 2.24. The van der Waals surface area contributed by atoms with Crippen LogP contribution in [0, 0.1) is 0 Å². The van der Waals surface area contributed by atoms with E-state index in [4.69, 9.17) is 21.1 Å². The third-order valence-corrected chi connectivity index (χ3v) is 3.75. The van der Waals surface area contributed by atoms with E-state index in [-0.39, 0.29) is 12.1 Å². The summed E-state index contributed by atoms with van der Waals surface area (Å²) in [6.07, 6.45) is 1.38. The molecule has 0 N–H and O–H groups in total. The molecule has 4 nitrogen and oxygen atoms in total. The molecule has 0 bridgehead atoms. The van der Waals surface area contributed by atoms with E-state index < -0.39 is 0 Å². The summed E-state index contributed by atoms with van der Waals surface area (Å²) in [5.41, 5.74) is 1.09. The van der Waals surface area contributed by atoms with Gasteiger partial charge in [0.15, 0.2) is 0 Å². The number of halogens is 1. The molecule has 2 aliphatic rings. The van der Waals surface area contributed by atoms with Crippen LogP contribution in [-0.2, 0) is 16.1 Å². The minimum absolute atomic E-state index is 0.0215. The lowest BCUT2D eigenvalue weighted by molar-refractivity contribution is -0.142. The van der Waals surface area contributed by atoms with Crippen molar-refractivity contribution in [3.05, 3.63) is 28.8 Å². The van der Waals surface area contributed by atoms with Gasteiger partial charge in [0, 0.05) is 36.6 Å². The second kappa shape index (κ2) is 5.39. The molecule has 102 valence electrons. The number of ether oxygens (including phenoxy) is 2. The third-order valence-electron chi connectivity index (χ3n) is 3.51. The first-order valence-electron chi connectivity index (χ1n) is 6.54. The van der Waals surface area contributed by atoms with Crippen molar-refractivity contribution in [1.82, 2.24) is 4.90 Å². The highest BCUT2D eigenvalue weighted by Crippen LogP contribution is 2.27. The molecular weight excluding hydrogens is 266 g/mol. The minimum atomic E-state index is -0.0838. The van der Waals surface area contributed by atoms with Crippen molar-refractivity contribution in [2.75, 3.05) is 19.7 Å². The number of fused-ring (bicyclic) bond motifs is 1. The van der Waals surface area contributed by atoms with E-state index >= 15 is 0 Å². The van der Waals surface area contributed by atoms with E-state index in [0.717, 1.165) is 42.4 Å². The molecule has 19 heavy (non-hydrogen) atoms. The lowest BCUT2D eigenvalue weighted by atomic mass is 10.1. The first kappa shape index (κ1) is 12.8. The zero-order valence-electron chi connectivity index (χ0n) is 10.6. The van der Waals surface area contributed by atoms with Crippen molar-refractivity contribution < 1.29 is 14.3 Å². The summed E-state index contributed by atoms with van der Waals surface area (Å²) in [4.78, 5) is 13.4. The Balaban J connectivity index is 1.69. The van der Waals surface area contributed by atoms with Crippen LogP contribution in [0.15, 0.2) is 18.2 Å². The Bertz CT molecular complexity index is 492. The molecule has 0 aromatic heterocycles. The molecule has 0 radical (unpaired) electrons. The Morgan fingerprint density at radius 3 is 3.11 bits per heavy atom. The average Bonchev–Trinajstić information content (AvgIpc) is 2.67. The number of carbonyl (C=O) groups is 1. The van der Waals surface area contributed by atoms with Gasteiger partial charge in [-0.15, -0.1) is 0 Å². The highest BCUT2D eigenvalue weighted by molar-refractivity contribution is 6.30. The number of benzene rings is 1. The first-order valence-corrected chi connectivity index (χ1v) is 6.91. The molecule has 0 unspecified atom stereocenters. The van der Waals surface area contributed by atoms with Gasteiger partial charge in [0.2, 0.25) is 0 Å². The average molecular weight is 282 g/mol. The van der Waals surface area contributed by atoms with Gasteiger partial charge in [-0.05, 0) is 24.6 Å². The molecule has 2 heterocycles. The number of hydrogen-bond donors (Lipinski definition) is 0. The Labute approximate surface area is 117 Å². The summed E-state index contributed by atoms with van der Waals surface area (Å²) < 4.78 is 11.0. The van der Waals surface area contributed by atoms with Crippen molar-refractivity contribution in [3.63, 3.8) is 0 Å². The van der Waals surface area contributed by atoms with Gasteiger partial charge in [-0.3, -0.25) is 9.69 Å². The van der Waals surface area contributed by atoms with E-state index in [2.05, 4.69) is 4.90 Å². The third kappa shape index (κ3) is 3.01. The Hall–Kier alpha value is -1.26. The molecule has 3 rings (SSSR count). The fourth-order valence-electron chi connectivity index (χ4n) is 2.57. The molecule has 2 aliphatic heterocycles. The van der Waals surface area contributed by atoms with Crippen LogP contribution in [0.5, 0.6) is 5.75 Å². The van der Waals surface area contributed by atoms with Crippen LogP contribution in [0.1, 0.15) is 18.4 Å². The zero-order chi connectivity index (χ0) is 13.2. The van der Waals surface area contributed by atoms with E-state index in [1.54, 1.807) is 0 Å². The maximum Gasteiger partial charge on any atom is 0.306 e. The van der Waals surface area contributed by atoms with Crippen molar-refractivity contribution in [1.29, 1.82) is 0 Å². The van der Waals surface area contributed by atoms with Crippen molar-refractivity contribution >= 4 is 17.6 Å². The second-order valence-corrected chi connectivity index (χ2v) is 5.42. The number of nitrogens with zero attached hydrogens (tertiary/aromatic N) is 1. The molecule has 1 fully saturated rings. The smallest absolute Gasteiger partial charge is 0.306 e.